The summed E-state index contributed by atoms with van der Waals surface area (Å²) >= 11 is 0. The summed E-state index contributed by atoms with van der Waals surface area (Å²) in [5, 5.41) is 21.1. The van der Waals surface area contributed by atoms with Gasteiger partial charge in [0.05, 0.1) is 18.3 Å². The highest BCUT2D eigenvalue weighted by atomic mass is 16.5. The van der Waals surface area contributed by atoms with Crippen molar-refractivity contribution >= 4 is 28.4 Å². The number of rotatable bonds is 8. The molecule has 4 aromatic rings. The van der Waals surface area contributed by atoms with E-state index in [0.29, 0.717) is 24.9 Å². The molecule has 4 rings (SSSR count). The number of anilines is 2. The summed E-state index contributed by atoms with van der Waals surface area (Å²) in [4.78, 5) is 16.0. The highest BCUT2D eigenvalue weighted by Crippen LogP contribution is 2.22. The Morgan fingerprint density at radius 3 is 2.77 bits per heavy atom. The van der Waals surface area contributed by atoms with Crippen LogP contribution in [0.5, 0.6) is 5.75 Å². The Balaban J connectivity index is 1.33. The summed E-state index contributed by atoms with van der Waals surface area (Å²) in [6, 6.07) is 13.4. The van der Waals surface area contributed by atoms with Gasteiger partial charge in [0, 0.05) is 22.6 Å². The Labute approximate surface area is 173 Å². The van der Waals surface area contributed by atoms with Crippen molar-refractivity contribution in [1.82, 2.24) is 30.7 Å². The molecule has 9 heteroatoms. The predicted octanol–water partition coefficient (Wildman–Crippen LogP) is 3.24. The lowest BCUT2D eigenvalue weighted by Gasteiger charge is -2.09. The van der Waals surface area contributed by atoms with Crippen LogP contribution in [0.2, 0.25) is 0 Å². The van der Waals surface area contributed by atoms with E-state index in [1.54, 1.807) is 6.20 Å². The first-order chi connectivity index (χ1) is 14.6. The van der Waals surface area contributed by atoms with Gasteiger partial charge in [0.25, 0.3) is 0 Å². The Morgan fingerprint density at radius 1 is 1.13 bits per heavy atom. The maximum atomic E-state index is 11.5. The van der Waals surface area contributed by atoms with Gasteiger partial charge in [-0.25, -0.2) is 0 Å². The Bertz CT molecular complexity index is 1130. The molecular weight excluding hydrogens is 382 g/mol. The highest BCUT2D eigenvalue weighted by molar-refractivity contribution is 5.82. The fourth-order valence-electron chi connectivity index (χ4n) is 2.85. The van der Waals surface area contributed by atoms with Gasteiger partial charge in [-0.05, 0) is 42.5 Å². The summed E-state index contributed by atoms with van der Waals surface area (Å²) in [6.45, 7) is 4.60. The fourth-order valence-corrected chi connectivity index (χ4v) is 2.85. The Morgan fingerprint density at radius 2 is 1.97 bits per heavy atom. The van der Waals surface area contributed by atoms with Gasteiger partial charge in [0.2, 0.25) is 11.9 Å². The average Bonchev–Trinajstić information content (AvgIpc) is 3.40. The number of hydrogen-bond acceptors (Lipinski definition) is 6. The number of fused-ring (bicyclic) bond motifs is 1. The van der Waals surface area contributed by atoms with E-state index in [4.69, 9.17) is 4.74 Å². The van der Waals surface area contributed by atoms with Crippen molar-refractivity contribution in [3.8, 4) is 17.1 Å². The molecule has 9 nitrogen and oxygen atoms in total. The summed E-state index contributed by atoms with van der Waals surface area (Å²) in [7, 11) is 0. The zero-order chi connectivity index (χ0) is 20.9. The summed E-state index contributed by atoms with van der Waals surface area (Å²) in [5.74, 6) is 1.85. The van der Waals surface area contributed by atoms with Crippen LogP contribution in [0.1, 0.15) is 13.8 Å². The molecule has 1 amide bonds. The smallest absolute Gasteiger partial charge is 0.246 e. The van der Waals surface area contributed by atoms with Crippen LogP contribution in [0.4, 0.5) is 11.6 Å². The van der Waals surface area contributed by atoms with Crippen LogP contribution in [0.15, 0.2) is 48.7 Å². The Kier molecular flexibility index (Phi) is 5.60. The van der Waals surface area contributed by atoms with Gasteiger partial charge >= 0.3 is 0 Å². The molecule has 2 heterocycles. The van der Waals surface area contributed by atoms with Gasteiger partial charge in [0.1, 0.15) is 12.4 Å². The van der Waals surface area contributed by atoms with Crippen LogP contribution in [0.3, 0.4) is 0 Å². The number of aromatic nitrogens is 5. The van der Waals surface area contributed by atoms with Crippen molar-refractivity contribution in [1.29, 1.82) is 0 Å². The molecule has 0 saturated heterocycles. The minimum absolute atomic E-state index is 0.0216. The molecule has 0 fully saturated rings. The van der Waals surface area contributed by atoms with Gasteiger partial charge in [0.15, 0.2) is 5.82 Å². The Hall–Kier alpha value is -3.88. The van der Waals surface area contributed by atoms with E-state index in [-0.39, 0.29) is 11.8 Å². The largest absolute Gasteiger partial charge is 0.492 e. The molecule has 0 aliphatic rings. The number of ether oxygens (including phenoxy) is 1. The van der Waals surface area contributed by atoms with E-state index in [2.05, 4.69) is 36.0 Å². The lowest BCUT2D eigenvalue weighted by atomic mass is 10.2. The topological polar surface area (TPSA) is 121 Å². The molecule has 2 aromatic carbocycles. The second-order valence-electron chi connectivity index (χ2n) is 7.12. The SMILES string of the molecule is CC(C)C(=O)NCCOc1ccc(-c2nc(Nc3ccc4[nH]ncc4c3)n[nH]2)cc1. The third kappa shape index (κ3) is 4.57. The van der Waals surface area contributed by atoms with Crippen LogP contribution in [-0.4, -0.2) is 44.4 Å². The first-order valence-electron chi connectivity index (χ1n) is 9.72. The number of benzene rings is 2. The number of hydrogen-bond donors (Lipinski definition) is 4. The second-order valence-corrected chi connectivity index (χ2v) is 7.12. The van der Waals surface area contributed by atoms with Gasteiger partial charge in [-0.2, -0.15) is 10.1 Å². The molecule has 0 bridgehead atoms. The molecule has 0 aliphatic heterocycles. The molecule has 4 N–H and O–H groups in total. The first kappa shape index (κ1) is 19.4. The minimum Gasteiger partial charge on any atom is -0.492 e. The number of aromatic amines is 2. The van der Waals surface area contributed by atoms with E-state index in [1.807, 2.05) is 56.3 Å². The minimum atomic E-state index is -0.0286. The fraction of sp³-hybridized carbons (Fsp3) is 0.238. The molecular formula is C21H23N7O2. The third-order valence-corrected chi connectivity index (χ3v) is 4.50. The quantitative estimate of drug-likeness (QED) is 0.334. The highest BCUT2D eigenvalue weighted by Gasteiger charge is 2.08. The van der Waals surface area contributed by atoms with Crippen molar-refractivity contribution in [2.45, 2.75) is 13.8 Å². The van der Waals surface area contributed by atoms with Crippen LogP contribution >= 0.6 is 0 Å². The van der Waals surface area contributed by atoms with E-state index >= 15 is 0 Å². The predicted molar refractivity (Wildman–Crippen MR) is 115 cm³/mol. The average molecular weight is 405 g/mol. The third-order valence-electron chi connectivity index (χ3n) is 4.50. The number of nitrogens with zero attached hydrogens (tertiary/aromatic N) is 3. The van der Waals surface area contributed by atoms with Crippen molar-refractivity contribution in [2.75, 3.05) is 18.5 Å². The number of carbonyl (C=O) groups excluding carboxylic acids is 1. The maximum absolute atomic E-state index is 11.5. The summed E-state index contributed by atoms with van der Waals surface area (Å²) < 4.78 is 5.66. The van der Waals surface area contributed by atoms with Crippen molar-refractivity contribution in [2.24, 2.45) is 5.92 Å². The summed E-state index contributed by atoms with van der Waals surface area (Å²) in [5.41, 5.74) is 2.74. The molecule has 2 aromatic heterocycles. The summed E-state index contributed by atoms with van der Waals surface area (Å²) in [6.07, 6.45) is 1.77. The molecule has 154 valence electrons. The van der Waals surface area contributed by atoms with E-state index in [9.17, 15) is 4.79 Å². The maximum Gasteiger partial charge on any atom is 0.246 e. The second kappa shape index (κ2) is 8.64. The monoisotopic (exact) mass is 405 g/mol. The van der Waals surface area contributed by atoms with Crippen LogP contribution in [0, 0.1) is 5.92 Å². The van der Waals surface area contributed by atoms with Crippen molar-refractivity contribution in [3.63, 3.8) is 0 Å². The number of amides is 1. The number of H-pyrrole nitrogens is 2. The lowest BCUT2D eigenvalue weighted by molar-refractivity contribution is -0.124. The molecule has 0 radical (unpaired) electrons. The van der Waals surface area contributed by atoms with Gasteiger partial charge < -0.3 is 15.4 Å². The van der Waals surface area contributed by atoms with E-state index in [1.165, 1.54) is 0 Å². The lowest BCUT2D eigenvalue weighted by Crippen LogP contribution is -2.31. The molecule has 0 spiro atoms. The zero-order valence-corrected chi connectivity index (χ0v) is 16.8. The van der Waals surface area contributed by atoms with Gasteiger partial charge in [-0.1, -0.05) is 13.8 Å². The van der Waals surface area contributed by atoms with Crippen LogP contribution in [-0.2, 0) is 4.79 Å². The molecule has 30 heavy (non-hydrogen) atoms. The zero-order valence-electron chi connectivity index (χ0n) is 16.8. The normalized spacial score (nSPS) is 11.0. The molecule has 0 atom stereocenters. The van der Waals surface area contributed by atoms with E-state index < -0.39 is 0 Å². The van der Waals surface area contributed by atoms with Gasteiger partial charge in [-0.3, -0.25) is 15.0 Å². The van der Waals surface area contributed by atoms with Crippen LogP contribution in [0.25, 0.3) is 22.3 Å². The van der Waals surface area contributed by atoms with E-state index in [0.717, 1.165) is 27.9 Å². The molecule has 0 unspecified atom stereocenters. The molecule has 0 saturated carbocycles. The number of nitrogens with one attached hydrogen (secondary N) is 4. The van der Waals surface area contributed by atoms with Crippen molar-refractivity contribution in [3.05, 3.63) is 48.7 Å². The first-order valence-corrected chi connectivity index (χ1v) is 9.72. The number of carbonyl (C=O) groups is 1. The molecule has 0 aliphatic carbocycles. The van der Waals surface area contributed by atoms with Crippen LogP contribution < -0.4 is 15.4 Å². The van der Waals surface area contributed by atoms with Gasteiger partial charge in [-0.15, -0.1) is 5.10 Å². The van der Waals surface area contributed by atoms with Crippen molar-refractivity contribution < 1.29 is 9.53 Å². The standard InChI is InChI=1S/C21H23N7O2/c1-13(2)20(29)22-9-10-30-17-6-3-14(4-7-17)19-25-21(28-27-19)24-16-5-8-18-15(11-16)12-23-26-18/h3-8,11-13H,9-10H2,1-2H3,(H,22,29)(H,23,26)(H2,24,25,27,28).